The second kappa shape index (κ2) is 5.97. The lowest BCUT2D eigenvalue weighted by atomic mass is 10.3. The molecule has 0 radical (unpaired) electrons. The number of benzene rings is 1. The molecular formula is C13H15N3O2. The SMILES string of the molecule is CCOc1ccccc1Oc1nccc(CN)n1. The zero-order valence-electron chi connectivity index (χ0n) is 10.2. The van der Waals surface area contributed by atoms with Gasteiger partial charge in [-0.1, -0.05) is 12.1 Å². The fourth-order valence-corrected chi connectivity index (χ4v) is 1.45. The summed E-state index contributed by atoms with van der Waals surface area (Å²) in [6, 6.07) is 9.42. The third-order valence-electron chi connectivity index (χ3n) is 2.25. The van der Waals surface area contributed by atoms with Crippen molar-refractivity contribution in [3.63, 3.8) is 0 Å². The van der Waals surface area contributed by atoms with Crippen molar-refractivity contribution < 1.29 is 9.47 Å². The molecule has 1 aromatic heterocycles. The van der Waals surface area contributed by atoms with Gasteiger partial charge in [-0.15, -0.1) is 0 Å². The first-order valence-corrected chi connectivity index (χ1v) is 5.75. The molecule has 2 N–H and O–H groups in total. The van der Waals surface area contributed by atoms with Gasteiger partial charge in [0.15, 0.2) is 11.5 Å². The number of rotatable bonds is 5. The number of hydrogen-bond acceptors (Lipinski definition) is 5. The number of ether oxygens (including phenoxy) is 2. The van der Waals surface area contributed by atoms with Crippen molar-refractivity contribution in [2.75, 3.05) is 6.61 Å². The molecule has 0 bridgehead atoms. The van der Waals surface area contributed by atoms with E-state index in [-0.39, 0.29) is 6.01 Å². The van der Waals surface area contributed by atoms with E-state index in [1.807, 2.05) is 31.2 Å². The minimum Gasteiger partial charge on any atom is -0.490 e. The molecule has 0 saturated carbocycles. The molecule has 0 atom stereocenters. The Hall–Kier alpha value is -2.14. The molecule has 1 aromatic carbocycles. The Morgan fingerprint density at radius 2 is 1.94 bits per heavy atom. The quantitative estimate of drug-likeness (QED) is 0.873. The van der Waals surface area contributed by atoms with Crippen LogP contribution in [-0.2, 0) is 6.54 Å². The van der Waals surface area contributed by atoms with Crippen LogP contribution in [0.4, 0.5) is 0 Å². The summed E-state index contributed by atoms with van der Waals surface area (Å²) in [5.41, 5.74) is 6.25. The lowest BCUT2D eigenvalue weighted by Gasteiger charge is -2.10. The van der Waals surface area contributed by atoms with Gasteiger partial charge in [0, 0.05) is 12.7 Å². The highest BCUT2D eigenvalue weighted by Gasteiger charge is 2.07. The molecule has 5 nitrogen and oxygen atoms in total. The summed E-state index contributed by atoms with van der Waals surface area (Å²) in [4.78, 5) is 8.21. The first kappa shape index (κ1) is 12.3. The second-order valence-corrected chi connectivity index (χ2v) is 3.52. The van der Waals surface area contributed by atoms with Gasteiger partial charge in [0.25, 0.3) is 0 Å². The topological polar surface area (TPSA) is 70.3 Å². The molecule has 0 amide bonds. The number of para-hydroxylation sites is 2. The standard InChI is InChI=1S/C13H15N3O2/c1-2-17-11-5-3-4-6-12(11)18-13-15-8-7-10(9-14)16-13/h3-8H,2,9,14H2,1H3. The lowest BCUT2D eigenvalue weighted by molar-refractivity contribution is 0.317. The van der Waals surface area contributed by atoms with E-state index in [0.717, 1.165) is 5.69 Å². The van der Waals surface area contributed by atoms with E-state index in [2.05, 4.69) is 9.97 Å². The van der Waals surface area contributed by atoms with Crippen LogP contribution in [0.2, 0.25) is 0 Å². The van der Waals surface area contributed by atoms with Crippen LogP contribution in [0.1, 0.15) is 12.6 Å². The summed E-state index contributed by atoms with van der Waals surface area (Å²) in [7, 11) is 0. The Balaban J connectivity index is 2.22. The normalized spacial score (nSPS) is 10.1. The lowest BCUT2D eigenvalue weighted by Crippen LogP contribution is -2.02. The van der Waals surface area contributed by atoms with Gasteiger partial charge in [-0.25, -0.2) is 4.98 Å². The highest BCUT2D eigenvalue weighted by molar-refractivity contribution is 5.40. The Kier molecular flexibility index (Phi) is 4.09. The highest BCUT2D eigenvalue weighted by Crippen LogP contribution is 2.29. The van der Waals surface area contributed by atoms with Crippen LogP contribution in [0.5, 0.6) is 17.5 Å². The molecule has 2 rings (SSSR count). The van der Waals surface area contributed by atoms with Crippen molar-refractivity contribution in [3.8, 4) is 17.5 Å². The smallest absolute Gasteiger partial charge is 0.322 e. The molecule has 18 heavy (non-hydrogen) atoms. The first-order chi connectivity index (χ1) is 8.83. The van der Waals surface area contributed by atoms with Gasteiger partial charge in [0.05, 0.1) is 12.3 Å². The summed E-state index contributed by atoms with van der Waals surface area (Å²) in [5.74, 6) is 1.26. The highest BCUT2D eigenvalue weighted by atomic mass is 16.5. The van der Waals surface area contributed by atoms with Crippen LogP contribution in [0.25, 0.3) is 0 Å². The number of hydrogen-bond donors (Lipinski definition) is 1. The van der Waals surface area contributed by atoms with E-state index in [4.69, 9.17) is 15.2 Å². The maximum Gasteiger partial charge on any atom is 0.322 e. The summed E-state index contributed by atoms with van der Waals surface area (Å²) in [6.45, 7) is 2.85. The third kappa shape index (κ3) is 2.95. The number of nitrogens with zero attached hydrogens (tertiary/aromatic N) is 2. The zero-order chi connectivity index (χ0) is 12.8. The van der Waals surface area contributed by atoms with Crippen molar-refractivity contribution in [1.82, 2.24) is 9.97 Å². The molecule has 0 aliphatic carbocycles. The van der Waals surface area contributed by atoms with Gasteiger partial charge in [-0.3, -0.25) is 0 Å². The zero-order valence-corrected chi connectivity index (χ0v) is 10.2. The summed E-state index contributed by atoms with van der Waals surface area (Å²) >= 11 is 0. The molecule has 0 spiro atoms. The molecule has 2 aromatic rings. The number of aromatic nitrogens is 2. The van der Waals surface area contributed by atoms with Gasteiger partial charge < -0.3 is 15.2 Å². The van der Waals surface area contributed by atoms with E-state index < -0.39 is 0 Å². The van der Waals surface area contributed by atoms with E-state index >= 15 is 0 Å². The van der Waals surface area contributed by atoms with Gasteiger partial charge in [-0.2, -0.15) is 4.98 Å². The molecule has 0 saturated heterocycles. The van der Waals surface area contributed by atoms with Crippen molar-refractivity contribution >= 4 is 0 Å². The molecule has 0 unspecified atom stereocenters. The molecular weight excluding hydrogens is 230 g/mol. The van der Waals surface area contributed by atoms with Crippen LogP contribution in [0.3, 0.4) is 0 Å². The number of nitrogens with two attached hydrogens (primary N) is 1. The summed E-state index contributed by atoms with van der Waals surface area (Å²) < 4.78 is 11.1. The molecule has 94 valence electrons. The molecule has 0 aliphatic heterocycles. The van der Waals surface area contributed by atoms with Crippen molar-refractivity contribution in [3.05, 3.63) is 42.2 Å². The van der Waals surface area contributed by atoms with Crippen LogP contribution in [0, 0.1) is 0 Å². The summed E-state index contributed by atoms with van der Waals surface area (Å²) in [5, 5.41) is 0. The maximum atomic E-state index is 5.60. The Morgan fingerprint density at radius 3 is 2.67 bits per heavy atom. The van der Waals surface area contributed by atoms with Gasteiger partial charge >= 0.3 is 6.01 Å². The molecule has 1 heterocycles. The van der Waals surface area contributed by atoms with Crippen LogP contribution < -0.4 is 15.2 Å². The monoisotopic (exact) mass is 245 g/mol. The van der Waals surface area contributed by atoms with E-state index in [9.17, 15) is 0 Å². The van der Waals surface area contributed by atoms with Crippen molar-refractivity contribution in [1.29, 1.82) is 0 Å². The second-order valence-electron chi connectivity index (χ2n) is 3.52. The first-order valence-electron chi connectivity index (χ1n) is 5.75. The van der Waals surface area contributed by atoms with Crippen molar-refractivity contribution in [2.45, 2.75) is 13.5 Å². The largest absolute Gasteiger partial charge is 0.490 e. The minimum absolute atomic E-state index is 0.269. The van der Waals surface area contributed by atoms with Crippen LogP contribution >= 0.6 is 0 Å². The fraction of sp³-hybridized carbons (Fsp3) is 0.231. The van der Waals surface area contributed by atoms with Crippen LogP contribution in [0.15, 0.2) is 36.5 Å². The third-order valence-corrected chi connectivity index (χ3v) is 2.25. The van der Waals surface area contributed by atoms with Gasteiger partial charge in [0.1, 0.15) is 0 Å². The summed E-state index contributed by atoms with van der Waals surface area (Å²) in [6.07, 6.45) is 1.62. The van der Waals surface area contributed by atoms with E-state index in [1.165, 1.54) is 0 Å². The molecule has 5 heteroatoms. The van der Waals surface area contributed by atoms with Crippen LogP contribution in [-0.4, -0.2) is 16.6 Å². The van der Waals surface area contributed by atoms with Gasteiger partial charge in [-0.05, 0) is 25.1 Å². The molecule has 0 fully saturated rings. The van der Waals surface area contributed by atoms with Crippen molar-refractivity contribution in [2.24, 2.45) is 5.73 Å². The van der Waals surface area contributed by atoms with E-state index in [0.29, 0.717) is 24.7 Å². The average Bonchev–Trinajstić information content (AvgIpc) is 2.41. The van der Waals surface area contributed by atoms with E-state index in [1.54, 1.807) is 12.3 Å². The van der Waals surface area contributed by atoms with Gasteiger partial charge in [0.2, 0.25) is 0 Å². The maximum absolute atomic E-state index is 5.60. The Labute approximate surface area is 106 Å². The Bertz CT molecular complexity index is 517. The predicted octanol–water partition coefficient (Wildman–Crippen LogP) is 2.13. The predicted molar refractivity (Wildman–Crippen MR) is 67.6 cm³/mol. The Morgan fingerprint density at radius 1 is 1.17 bits per heavy atom. The minimum atomic E-state index is 0.269. The average molecular weight is 245 g/mol. The molecule has 0 aliphatic rings. The fourth-order valence-electron chi connectivity index (χ4n) is 1.45.